The third kappa shape index (κ3) is 4.03. The number of amides is 2. The Labute approximate surface area is 140 Å². The first kappa shape index (κ1) is 16.7. The maximum atomic E-state index is 12.5. The summed E-state index contributed by atoms with van der Waals surface area (Å²) in [7, 11) is 0. The Morgan fingerprint density at radius 1 is 1.08 bits per heavy atom. The van der Waals surface area contributed by atoms with Crippen LogP contribution in [0.3, 0.4) is 0 Å². The van der Waals surface area contributed by atoms with Crippen molar-refractivity contribution in [2.24, 2.45) is 0 Å². The minimum absolute atomic E-state index is 0.0102. The van der Waals surface area contributed by atoms with Gasteiger partial charge < -0.3 is 10.6 Å². The first-order valence-corrected chi connectivity index (χ1v) is 7.33. The fourth-order valence-corrected chi connectivity index (χ4v) is 2.27. The zero-order valence-corrected chi connectivity index (χ0v) is 12.8. The van der Waals surface area contributed by atoms with Crippen molar-refractivity contribution < 1.29 is 18.0 Å². The molecule has 3 aromatic rings. The van der Waals surface area contributed by atoms with Crippen molar-refractivity contribution >= 4 is 22.5 Å². The summed E-state index contributed by atoms with van der Waals surface area (Å²) in [4.78, 5) is 19.7. The third-order valence-electron chi connectivity index (χ3n) is 3.51. The lowest BCUT2D eigenvalue weighted by molar-refractivity contribution is -0.137. The molecule has 0 aliphatic carbocycles. The van der Waals surface area contributed by atoms with Gasteiger partial charge in [-0.3, -0.25) is 9.97 Å². The molecule has 3 rings (SSSR count). The van der Waals surface area contributed by atoms with Gasteiger partial charge in [-0.25, -0.2) is 4.79 Å². The third-order valence-corrected chi connectivity index (χ3v) is 3.51. The summed E-state index contributed by atoms with van der Waals surface area (Å²) >= 11 is 0. The van der Waals surface area contributed by atoms with Crippen LogP contribution in [0.4, 0.5) is 23.7 Å². The number of pyridine rings is 2. The largest absolute Gasteiger partial charge is 0.417 e. The van der Waals surface area contributed by atoms with Crippen LogP contribution in [0.2, 0.25) is 0 Å². The fourth-order valence-electron chi connectivity index (χ4n) is 2.27. The van der Waals surface area contributed by atoms with Crippen LogP contribution in [-0.2, 0) is 12.7 Å². The highest BCUT2D eigenvalue weighted by Gasteiger charge is 2.30. The number of anilines is 1. The molecule has 2 amide bonds. The Morgan fingerprint density at radius 2 is 1.92 bits per heavy atom. The number of hydrogen-bond donors (Lipinski definition) is 2. The minimum Gasteiger partial charge on any atom is -0.332 e. The van der Waals surface area contributed by atoms with Crippen LogP contribution in [0.1, 0.15) is 11.3 Å². The molecule has 0 saturated heterocycles. The molecule has 2 heterocycles. The molecule has 0 spiro atoms. The number of benzene rings is 1. The molecule has 2 aromatic heterocycles. The predicted octanol–water partition coefficient (Wildman–Crippen LogP) is 3.97. The molecule has 8 heteroatoms. The van der Waals surface area contributed by atoms with Gasteiger partial charge in [-0.05, 0) is 24.3 Å². The SMILES string of the molecule is O=C(NCc1ccc(C(F)(F)F)cn1)Nc1cccc2cnccc12. The second kappa shape index (κ2) is 6.76. The van der Waals surface area contributed by atoms with Crippen LogP contribution in [-0.4, -0.2) is 16.0 Å². The van der Waals surface area contributed by atoms with E-state index in [1.807, 2.05) is 6.07 Å². The number of aromatic nitrogens is 2. The maximum Gasteiger partial charge on any atom is 0.417 e. The van der Waals surface area contributed by atoms with E-state index >= 15 is 0 Å². The summed E-state index contributed by atoms with van der Waals surface area (Å²) in [6.07, 6.45) is -0.381. The highest BCUT2D eigenvalue weighted by atomic mass is 19.4. The number of carbonyl (C=O) groups excluding carboxylic acids is 1. The molecule has 0 atom stereocenters. The van der Waals surface area contributed by atoms with Gasteiger partial charge >= 0.3 is 12.2 Å². The number of rotatable bonds is 3. The number of alkyl halides is 3. The highest BCUT2D eigenvalue weighted by molar-refractivity contribution is 6.01. The lowest BCUT2D eigenvalue weighted by atomic mass is 10.1. The molecule has 0 fully saturated rings. The van der Waals surface area contributed by atoms with E-state index < -0.39 is 17.8 Å². The zero-order chi connectivity index (χ0) is 17.9. The normalized spacial score (nSPS) is 11.3. The standard InChI is InChI=1S/C17H13F3N4O/c18-17(19,20)12-4-5-13(22-9-12)10-23-16(25)24-15-3-1-2-11-8-21-7-6-14(11)15/h1-9H,10H2,(H2,23,24,25). The number of halogens is 3. The predicted molar refractivity (Wildman–Crippen MR) is 86.8 cm³/mol. The van der Waals surface area contributed by atoms with Crippen molar-refractivity contribution in [2.75, 3.05) is 5.32 Å². The zero-order valence-electron chi connectivity index (χ0n) is 12.8. The lowest BCUT2D eigenvalue weighted by Crippen LogP contribution is -2.28. The van der Waals surface area contributed by atoms with E-state index in [1.54, 1.807) is 30.6 Å². The van der Waals surface area contributed by atoms with Gasteiger partial charge in [0.15, 0.2) is 0 Å². The molecule has 2 N–H and O–H groups in total. The van der Waals surface area contributed by atoms with Gasteiger partial charge in [0.1, 0.15) is 0 Å². The van der Waals surface area contributed by atoms with E-state index in [4.69, 9.17) is 0 Å². The summed E-state index contributed by atoms with van der Waals surface area (Å²) < 4.78 is 37.4. The first-order valence-electron chi connectivity index (χ1n) is 7.33. The average Bonchev–Trinajstić information content (AvgIpc) is 2.60. The number of urea groups is 1. The van der Waals surface area contributed by atoms with Gasteiger partial charge in [0.05, 0.1) is 23.5 Å². The summed E-state index contributed by atoms with van der Waals surface area (Å²) in [6.45, 7) is 0.0102. The van der Waals surface area contributed by atoms with Gasteiger partial charge in [0, 0.05) is 29.4 Å². The van der Waals surface area contributed by atoms with E-state index in [2.05, 4.69) is 20.6 Å². The molecule has 0 unspecified atom stereocenters. The molecule has 0 bridgehead atoms. The van der Waals surface area contributed by atoms with Gasteiger partial charge in [-0.1, -0.05) is 12.1 Å². The summed E-state index contributed by atoms with van der Waals surface area (Å²) in [5.74, 6) is 0. The van der Waals surface area contributed by atoms with E-state index in [9.17, 15) is 18.0 Å². The number of carbonyl (C=O) groups is 1. The van der Waals surface area contributed by atoms with Crippen LogP contribution in [0.15, 0.2) is 55.0 Å². The molecule has 0 radical (unpaired) electrons. The van der Waals surface area contributed by atoms with E-state index in [-0.39, 0.29) is 6.54 Å². The summed E-state index contributed by atoms with van der Waals surface area (Å²) in [6, 6.07) is 8.87. The Hall–Kier alpha value is -3.16. The second-order valence-electron chi connectivity index (χ2n) is 5.25. The van der Waals surface area contributed by atoms with Gasteiger partial charge in [-0.2, -0.15) is 13.2 Å². The molecule has 25 heavy (non-hydrogen) atoms. The van der Waals surface area contributed by atoms with Crippen molar-refractivity contribution in [1.82, 2.24) is 15.3 Å². The Balaban J connectivity index is 1.63. The summed E-state index contributed by atoms with van der Waals surface area (Å²) in [5, 5.41) is 6.98. The van der Waals surface area contributed by atoms with Gasteiger partial charge in [-0.15, -0.1) is 0 Å². The number of nitrogens with one attached hydrogen (secondary N) is 2. The highest BCUT2D eigenvalue weighted by Crippen LogP contribution is 2.28. The van der Waals surface area contributed by atoms with E-state index in [0.717, 1.165) is 23.0 Å². The average molecular weight is 346 g/mol. The first-order chi connectivity index (χ1) is 11.9. The van der Waals surface area contributed by atoms with Crippen molar-refractivity contribution in [3.8, 4) is 0 Å². The lowest BCUT2D eigenvalue weighted by Gasteiger charge is -2.10. The smallest absolute Gasteiger partial charge is 0.332 e. The maximum absolute atomic E-state index is 12.5. The molecule has 0 saturated carbocycles. The van der Waals surface area contributed by atoms with E-state index in [1.165, 1.54) is 6.07 Å². The minimum atomic E-state index is -4.43. The van der Waals surface area contributed by atoms with Gasteiger partial charge in [0.2, 0.25) is 0 Å². The number of fused-ring (bicyclic) bond motifs is 1. The van der Waals surface area contributed by atoms with Crippen molar-refractivity contribution in [3.05, 3.63) is 66.2 Å². The number of hydrogen-bond acceptors (Lipinski definition) is 3. The quantitative estimate of drug-likeness (QED) is 0.754. The molecule has 5 nitrogen and oxygen atoms in total. The molecule has 0 aliphatic rings. The second-order valence-corrected chi connectivity index (χ2v) is 5.25. The number of nitrogens with zero attached hydrogens (tertiary/aromatic N) is 2. The molecule has 0 aliphatic heterocycles. The Morgan fingerprint density at radius 3 is 2.64 bits per heavy atom. The van der Waals surface area contributed by atoms with Crippen LogP contribution >= 0.6 is 0 Å². The van der Waals surface area contributed by atoms with Crippen molar-refractivity contribution in [1.29, 1.82) is 0 Å². The van der Waals surface area contributed by atoms with Crippen LogP contribution in [0.5, 0.6) is 0 Å². The monoisotopic (exact) mass is 346 g/mol. The van der Waals surface area contributed by atoms with Crippen molar-refractivity contribution in [2.45, 2.75) is 12.7 Å². The van der Waals surface area contributed by atoms with Crippen LogP contribution in [0.25, 0.3) is 10.8 Å². The van der Waals surface area contributed by atoms with Crippen molar-refractivity contribution in [3.63, 3.8) is 0 Å². The Bertz CT molecular complexity index is 889. The molecule has 1 aromatic carbocycles. The molecule has 128 valence electrons. The fraction of sp³-hybridized carbons (Fsp3) is 0.118. The Kier molecular flexibility index (Phi) is 4.51. The molecular weight excluding hydrogens is 333 g/mol. The molecular formula is C17H13F3N4O. The summed E-state index contributed by atoms with van der Waals surface area (Å²) in [5.41, 5.74) is 0.105. The van der Waals surface area contributed by atoms with Crippen LogP contribution in [0, 0.1) is 0 Å². The van der Waals surface area contributed by atoms with E-state index in [0.29, 0.717) is 11.4 Å². The van der Waals surface area contributed by atoms with Gasteiger partial charge in [0.25, 0.3) is 0 Å². The van der Waals surface area contributed by atoms with Crippen LogP contribution < -0.4 is 10.6 Å². The topological polar surface area (TPSA) is 66.9 Å².